The zero-order chi connectivity index (χ0) is 19.4. The number of aromatic nitrogens is 1. The third-order valence-electron chi connectivity index (χ3n) is 5.39. The number of aromatic amines is 1. The van der Waals surface area contributed by atoms with Crippen LogP contribution in [0.2, 0.25) is 0 Å². The molecule has 7 heteroatoms. The van der Waals surface area contributed by atoms with E-state index in [-0.39, 0.29) is 41.8 Å². The van der Waals surface area contributed by atoms with E-state index in [1.807, 2.05) is 0 Å². The molecule has 1 aromatic heterocycles. The van der Waals surface area contributed by atoms with Gasteiger partial charge in [0.05, 0.1) is 13.0 Å². The molecule has 154 valence electrons. The fourth-order valence-corrected chi connectivity index (χ4v) is 3.95. The van der Waals surface area contributed by atoms with E-state index < -0.39 is 0 Å². The number of aliphatic imine (C=N–C) groups is 1. The van der Waals surface area contributed by atoms with Crippen LogP contribution in [0.4, 0.5) is 0 Å². The number of hydrogen-bond acceptors (Lipinski definition) is 3. The van der Waals surface area contributed by atoms with Crippen LogP contribution in [0.5, 0.6) is 0 Å². The lowest BCUT2D eigenvalue weighted by Gasteiger charge is -2.21. The summed E-state index contributed by atoms with van der Waals surface area (Å²) >= 11 is 0. The minimum absolute atomic E-state index is 0. The van der Waals surface area contributed by atoms with Crippen molar-refractivity contribution in [1.29, 1.82) is 0 Å². The number of rotatable bonds is 5. The Morgan fingerprint density at radius 3 is 2.89 bits per heavy atom. The Bertz CT molecular complexity index is 833. The minimum atomic E-state index is -0.130. The van der Waals surface area contributed by atoms with Crippen molar-refractivity contribution < 1.29 is 9.53 Å². The second kappa shape index (κ2) is 10.1. The van der Waals surface area contributed by atoms with Gasteiger partial charge >= 0.3 is 5.97 Å². The average Bonchev–Trinajstić information content (AvgIpc) is 3.25. The lowest BCUT2D eigenvalue weighted by Crippen LogP contribution is -2.40. The summed E-state index contributed by atoms with van der Waals surface area (Å²) in [4.78, 5) is 22.3. The number of H-pyrrole nitrogens is 1. The molecule has 1 aliphatic rings. The molecule has 0 bridgehead atoms. The fourth-order valence-electron chi connectivity index (χ4n) is 3.95. The van der Waals surface area contributed by atoms with Crippen molar-refractivity contribution in [2.24, 2.45) is 16.8 Å². The van der Waals surface area contributed by atoms with Crippen molar-refractivity contribution in [2.45, 2.75) is 27.2 Å². The maximum atomic E-state index is 12.0. The molecule has 1 saturated heterocycles. The van der Waals surface area contributed by atoms with Gasteiger partial charge in [-0.15, -0.1) is 24.0 Å². The monoisotopic (exact) mass is 498 g/mol. The molecule has 3 rings (SSSR count). The van der Waals surface area contributed by atoms with E-state index in [0.29, 0.717) is 13.1 Å². The molecule has 2 aromatic rings. The Hall–Kier alpha value is -1.77. The Morgan fingerprint density at radius 1 is 1.39 bits per heavy atom. The predicted molar refractivity (Wildman–Crippen MR) is 124 cm³/mol. The SMILES string of the molecule is CCNC(=NCCc1c[nH]c2cccc(C)c12)N1CC(C)C(C(=O)OC)C1.I. The largest absolute Gasteiger partial charge is 0.469 e. The molecule has 2 heterocycles. The first-order valence-corrected chi connectivity index (χ1v) is 9.71. The highest BCUT2D eigenvalue weighted by Crippen LogP contribution is 2.25. The number of guanidine groups is 1. The van der Waals surface area contributed by atoms with Crippen LogP contribution < -0.4 is 5.32 Å². The molecule has 0 radical (unpaired) electrons. The Labute approximate surface area is 184 Å². The highest BCUT2D eigenvalue weighted by atomic mass is 127. The Kier molecular flexibility index (Phi) is 8.15. The van der Waals surface area contributed by atoms with E-state index >= 15 is 0 Å². The number of esters is 1. The summed E-state index contributed by atoms with van der Waals surface area (Å²) in [5, 5.41) is 4.67. The van der Waals surface area contributed by atoms with E-state index in [0.717, 1.165) is 25.5 Å². The van der Waals surface area contributed by atoms with Crippen LogP contribution >= 0.6 is 24.0 Å². The smallest absolute Gasteiger partial charge is 0.310 e. The number of ether oxygens (including phenoxy) is 1. The van der Waals surface area contributed by atoms with Crippen LogP contribution in [0.3, 0.4) is 0 Å². The average molecular weight is 498 g/mol. The number of nitrogens with zero attached hydrogens (tertiary/aromatic N) is 2. The minimum Gasteiger partial charge on any atom is -0.469 e. The standard InChI is InChI=1S/C21H30N4O2.HI/c1-5-22-21(25-12-15(3)17(13-25)20(26)27-4)23-10-9-16-11-24-18-8-6-7-14(2)19(16)18;/h6-8,11,15,17,24H,5,9-10,12-13H2,1-4H3,(H,22,23);1H. The van der Waals surface area contributed by atoms with Crippen LogP contribution in [-0.2, 0) is 16.0 Å². The molecule has 28 heavy (non-hydrogen) atoms. The summed E-state index contributed by atoms with van der Waals surface area (Å²) in [5.41, 5.74) is 3.76. The number of hydrogen-bond donors (Lipinski definition) is 2. The molecule has 1 fully saturated rings. The van der Waals surface area contributed by atoms with Crippen LogP contribution in [0.1, 0.15) is 25.0 Å². The molecule has 1 aliphatic heterocycles. The first kappa shape index (κ1) is 22.5. The van der Waals surface area contributed by atoms with Gasteiger partial charge in [-0.05, 0) is 43.4 Å². The second-order valence-electron chi connectivity index (χ2n) is 7.31. The lowest BCUT2D eigenvalue weighted by atomic mass is 9.99. The van der Waals surface area contributed by atoms with Crippen molar-refractivity contribution >= 4 is 46.8 Å². The van der Waals surface area contributed by atoms with Gasteiger partial charge in [0.25, 0.3) is 0 Å². The first-order chi connectivity index (χ1) is 13.0. The molecular formula is C21H31IN4O2. The molecule has 0 aliphatic carbocycles. The molecule has 0 spiro atoms. The highest BCUT2D eigenvalue weighted by molar-refractivity contribution is 14.0. The number of halogens is 1. The fraction of sp³-hybridized carbons (Fsp3) is 0.524. The van der Waals surface area contributed by atoms with Crippen molar-refractivity contribution in [3.8, 4) is 0 Å². The van der Waals surface area contributed by atoms with Gasteiger partial charge in [0, 0.05) is 43.3 Å². The normalized spacial score (nSPS) is 19.6. The van der Waals surface area contributed by atoms with Gasteiger partial charge in [-0.2, -0.15) is 0 Å². The first-order valence-electron chi connectivity index (χ1n) is 9.71. The molecule has 2 unspecified atom stereocenters. The molecule has 0 saturated carbocycles. The Morgan fingerprint density at radius 2 is 2.18 bits per heavy atom. The highest BCUT2D eigenvalue weighted by Gasteiger charge is 2.36. The summed E-state index contributed by atoms with van der Waals surface area (Å²) in [6.07, 6.45) is 2.97. The van der Waals surface area contributed by atoms with Crippen LogP contribution in [0.25, 0.3) is 10.9 Å². The van der Waals surface area contributed by atoms with Crippen LogP contribution in [0, 0.1) is 18.8 Å². The van der Waals surface area contributed by atoms with Crippen molar-refractivity contribution in [1.82, 2.24) is 15.2 Å². The van der Waals surface area contributed by atoms with Crippen molar-refractivity contribution in [3.63, 3.8) is 0 Å². The molecule has 1 aromatic carbocycles. The van der Waals surface area contributed by atoms with Gasteiger partial charge in [-0.1, -0.05) is 19.1 Å². The van der Waals surface area contributed by atoms with E-state index in [4.69, 9.17) is 9.73 Å². The van der Waals surface area contributed by atoms with Gasteiger partial charge in [0.2, 0.25) is 0 Å². The van der Waals surface area contributed by atoms with E-state index in [9.17, 15) is 4.79 Å². The van der Waals surface area contributed by atoms with Gasteiger partial charge in [-0.3, -0.25) is 9.79 Å². The maximum Gasteiger partial charge on any atom is 0.310 e. The number of nitrogens with one attached hydrogen (secondary N) is 2. The Balaban J connectivity index is 0.00000280. The van der Waals surface area contributed by atoms with Crippen molar-refractivity contribution in [3.05, 3.63) is 35.5 Å². The van der Waals surface area contributed by atoms with Gasteiger partial charge in [0.15, 0.2) is 5.96 Å². The number of carbonyl (C=O) groups is 1. The maximum absolute atomic E-state index is 12.0. The quantitative estimate of drug-likeness (QED) is 0.287. The third kappa shape index (κ3) is 4.79. The number of aryl methyl sites for hydroxylation is 1. The zero-order valence-electron chi connectivity index (χ0n) is 17.1. The van der Waals surface area contributed by atoms with Gasteiger partial charge in [0.1, 0.15) is 0 Å². The van der Waals surface area contributed by atoms with Crippen LogP contribution in [0.15, 0.2) is 29.4 Å². The molecule has 0 amide bonds. The van der Waals surface area contributed by atoms with Crippen molar-refractivity contribution in [2.75, 3.05) is 33.3 Å². The topological polar surface area (TPSA) is 69.7 Å². The van der Waals surface area contributed by atoms with E-state index in [1.165, 1.54) is 29.1 Å². The van der Waals surface area contributed by atoms with Gasteiger partial charge < -0.3 is 19.9 Å². The molecular weight excluding hydrogens is 467 g/mol. The molecule has 2 atom stereocenters. The second-order valence-corrected chi connectivity index (χ2v) is 7.31. The van der Waals surface area contributed by atoms with E-state index in [2.05, 4.69) is 60.4 Å². The van der Waals surface area contributed by atoms with Crippen LogP contribution in [-0.4, -0.2) is 55.1 Å². The van der Waals surface area contributed by atoms with E-state index in [1.54, 1.807) is 0 Å². The number of likely N-dealkylation sites (tertiary alicyclic amines) is 1. The molecule has 2 N–H and O–H groups in total. The summed E-state index contributed by atoms with van der Waals surface area (Å²) in [5.74, 6) is 0.926. The summed E-state index contributed by atoms with van der Waals surface area (Å²) < 4.78 is 4.95. The summed E-state index contributed by atoms with van der Waals surface area (Å²) in [7, 11) is 1.46. The summed E-state index contributed by atoms with van der Waals surface area (Å²) in [6.45, 7) is 9.29. The number of fused-ring (bicyclic) bond motifs is 1. The number of benzene rings is 1. The number of methoxy groups -OCH3 is 1. The number of carbonyl (C=O) groups excluding carboxylic acids is 1. The lowest BCUT2D eigenvalue weighted by molar-refractivity contribution is -0.145. The predicted octanol–water partition coefficient (Wildman–Crippen LogP) is 3.34. The zero-order valence-corrected chi connectivity index (χ0v) is 19.4. The van der Waals surface area contributed by atoms with Gasteiger partial charge in [-0.25, -0.2) is 0 Å². The third-order valence-corrected chi connectivity index (χ3v) is 5.39. The summed E-state index contributed by atoms with van der Waals surface area (Å²) in [6, 6.07) is 6.33. The molecule has 6 nitrogen and oxygen atoms in total.